The second kappa shape index (κ2) is 9.14. The lowest BCUT2D eigenvalue weighted by Crippen LogP contribution is -2.46. The molecule has 2 saturated carbocycles. The summed E-state index contributed by atoms with van der Waals surface area (Å²) in [5.41, 5.74) is 7.61. The SMILES string of the molecule is Cc1ccc(NS(=O)(=O)c2cc([N+](=O)[O-])ccc2NNC(=S)NC2CC3CCC2C3)c(C)c1. The van der Waals surface area contributed by atoms with E-state index in [1.165, 1.54) is 31.4 Å². The van der Waals surface area contributed by atoms with Crippen LogP contribution in [-0.2, 0) is 10.0 Å². The van der Waals surface area contributed by atoms with Crippen LogP contribution in [0.1, 0.15) is 36.8 Å². The van der Waals surface area contributed by atoms with Gasteiger partial charge in [-0.3, -0.25) is 25.7 Å². The topological polar surface area (TPSA) is 125 Å². The summed E-state index contributed by atoms with van der Waals surface area (Å²) in [7, 11) is -4.13. The summed E-state index contributed by atoms with van der Waals surface area (Å²) in [6, 6.07) is 9.25. The number of hydrazine groups is 1. The third kappa shape index (κ3) is 5.19. The van der Waals surface area contributed by atoms with Gasteiger partial charge in [-0.25, -0.2) is 8.42 Å². The van der Waals surface area contributed by atoms with Crippen LogP contribution >= 0.6 is 12.2 Å². The monoisotopic (exact) mass is 489 g/mol. The van der Waals surface area contributed by atoms with Gasteiger partial charge >= 0.3 is 0 Å². The van der Waals surface area contributed by atoms with E-state index in [2.05, 4.69) is 20.9 Å². The fourth-order valence-corrected chi connectivity index (χ4v) is 6.34. The molecule has 0 aromatic heterocycles. The average molecular weight is 490 g/mol. The van der Waals surface area contributed by atoms with Crippen LogP contribution in [-0.4, -0.2) is 24.5 Å². The largest absolute Gasteiger partial charge is 0.358 e. The summed E-state index contributed by atoms with van der Waals surface area (Å²) in [5.74, 6) is 1.37. The first-order valence-corrected chi connectivity index (χ1v) is 12.7. The number of aryl methyl sites for hydroxylation is 2. The third-order valence-corrected chi connectivity index (χ3v) is 8.08. The highest BCUT2D eigenvalue weighted by Gasteiger charge is 2.39. The summed E-state index contributed by atoms with van der Waals surface area (Å²) in [6.07, 6.45) is 4.79. The van der Waals surface area contributed by atoms with Gasteiger partial charge < -0.3 is 5.32 Å². The number of hydrogen-bond donors (Lipinski definition) is 4. The Labute approximate surface area is 198 Å². The van der Waals surface area contributed by atoms with Crippen molar-refractivity contribution in [2.45, 2.75) is 50.5 Å². The first kappa shape index (κ1) is 23.2. The fourth-order valence-electron chi connectivity index (χ4n) is 4.83. The number of rotatable bonds is 7. The second-order valence-corrected chi connectivity index (χ2v) is 10.9. The molecule has 2 aliphatic rings. The van der Waals surface area contributed by atoms with Gasteiger partial charge in [0.15, 0.2) is 5.11 Å². The molecule has 0 heterocycles. The van der Waals surface area contributed by atoms with Gasteiger partial charge in [0.25, 0.3) is 15.7 Å². The average Bonchev–Trinajstić information content (AvgIpc) is 3.37. The molecule has 0 spiro atoms. The molecule has 4 N–H and O–H groups in total. The number of nitro groups is 1. The molecule has 2 fully saturated rings. The first-order valence-electron chi connectivity index (χ1n) is 10.8. The van der Waals surface area contributed by atoms with Crippen LogP contribution in [0.5, 0.6) is 0 Å². The van der Waals surface area contributed by atoms with Crippen molar-refractivity contribution >= 4 is 44.4 Å². The van der Waals surface area contributed by atoms with E-state index in [-0.39, 0.29) is 16.3 Å². The summed E-state index contributed by atoms with van der Waals surface area (Å²) < 4.78 is 28.9. The fraction of sp³-hybridized carbons (Fsp3) is 0.409. The maximum Gasteiger partial charge on any atom is 0.270 e. The van der Waals surface area contributed by atoms with Gasteiger partial charge in [-0.1, -0.05) is 24.1 Å². The Balaban J connectivity index is 1.52. The van der Waals surface area contributed by atoms with Crippen molar-refractivity contribution in [3.05, 3.63) is 57.6 Å². The number of nitrogens with one attached hydrogen (secondary N) is 4. The number of thiocarbonyl (C=S) groups is 1. The van der Waals surface area contributed by atoms with E-state index in [9.17, 15) is 18.5 Å². The molecule has 0 saturated heterocycles. The van der Waals surface area contributed by atoms with Crippen LogP contribution in [0.25, 0.3) is 0 Å². The van der Waals surface area contributed by atoms with Crippen LogP contribution in [0.4, 0.5) is 17.1 Å². The smallest absolute Gasteiger partial charge is 0.270 e. The van der Waals surface area contributed by atoms with E-state index in [0.29, 0.717) is 22.8 Å². The molecule has 9 nitrogen and oxygen atoms in total. The molecule has 2 aromatic rings. The predicted octanol–water partition coefficient (Wildman–Crippen LogP) is 3.99. The molecule has 3 atom stereocenters. The highest BCUT2D eigenvalue weighted by atomic mass is 32.2. The number of hydrogen-bond acceptors (Lipinski definition) is 6. The Morgan fingerprint density at radius 3 is 2.48 bits per heavy atom. The molecule has 4 rings (SSSR count). The zero-order chi connectivity index (χ0) is 23.8. The van der Waals surface area contributed by atoms with Crippen molar-refractivity contribution in [2.75, 3.05) is 10.1 Å². The van der Waals surface area contributed by atoms with Crippen molar-refractivity contribution in [2.24, 2.45) is 11.8 Å². The standard InChI is InChI=1S/C22H27N5O4S2/c1-13-3-7-18(14(2)9-13)26-33(30,31)21-12-17(27(28)29)6-8-19(21)24-25-22(32)23-20-11-15-4-5-16(20)10-15/h3,6-9,12,15-16,20,24,26H,4-5,10-11H2,1-2H3,(H2,23,25,32). The minimum atomic E-state index is -4.13. The van der Waals surface area contributed by atoms with Crippen molar-refractivity contribution in [1.82, 2.24) is 10.7 Å². The third-order valence-electron chi connectivity index (χ3n) is 6.46. The molecule has 2 bridgehead atoms. The number of benzene rings is 2. The minimum absolute atomic E-state index is 0.148. The number of fused-ring (bicyclic) bond motifs is 2. The zero-order valence-corrected chi connectivity index (χ0v) is 20.1. The van der Waals surface area contributed by atoms with Crippen LogP contribution in [0, 0.1) is 35.8 Å². The van der Waals surface area contributed by atoms with Crippen molar-refractivity contribution in [3.8, 4) is 0 Å². The Hall–Kier alpha value is -2.92. The molecular formula is C22H27N5O4S2. The Morgan fingerprint density at radius 1 is 1.09 bits per heavy atom. The summed E-state index contributed by atoms with van der Waals surface area (Å²) in [4.78, 5) is 10.4. The lowest BCUT2D eigenvalue weighted by molar-refractivity contribution is -0.385. The number of sulfonamides is 1. The van der Waals surface area contributed by atoms with E-state index in [0.717, 1.165) is 29.5 Å². The van der Waals surface area contributed by atoms with Crippen LogP contribution in [0.15, 0.2) is 41.3 Å². The first-order chi connectivity index (χ1) is 15.6. The molecule has 33 heavy (non-hydrogen) atoms. The molecule has 0 amide bonds. The van der Waals surface area contributed by atoms with E-state index < -0.39 is 14.9 Å². The van der Waals surface area contributed by atoms with E-state index in [1.54, 1.807) is 19.1 Å². The van der Waals surface area contributed by atoms with Gasteiger partial charge in [-0.2, -0.15) is 0 Å². The van der Waals surface area contributed by atoms with E-state index >= 15 is 0 Å². The van der Waals surface area contributed by atoms with Gasteiger partial charge in [0.05, 0.1) is 16.3 Å². The van der Waals surface area contributed by atoms with Crippen LogP contribution in [0.2, 0.25) is 0 Å². The highest BCUT2D eigenvalue weighted by molar-refractivity contribution is 7.93. The number of anilines is 2. The quantitative estimate of drug-likeness (QED) is 0.261. The van der Waals surface area contributed by atoms with E-state index in [1.807, 2.05) is 13.0 Å². The van der Waals surface area contributed by atoms with Crippen molar-refractivity contribution < 1.29 is 13.3 Å². The molecular weight excluding hydrogens is 462 g/mol. The van der Waals surface area contributed by atoms with Gasteiger partial charge in [0.2, 0.25) is 0 Å². The Morgan fingerprint density at radius 2 is 1.85 bits per heavy atom. The predicted molar refractivity (Wildman–Crippen MR) is 132 cm³/mol. The summed E-state index contributed by atoms with van der Waals surface area (Å²) in [5, 5.41) is 15.0. The number of nitrogens with zero attached hydrogens (tertiary/aromatic N) is 1. The van der Waals surface area contributed by atoms with Crippen LogP contribution in [0.3, 0.4) is 0 Å². The lowest BCUT2D eigenvalue weighted by Gasteiger charge is -2.25. The Bertz CT molecular complexity index is 1200. The molecule has 0 radical (unpaired) electrons. The van der Waals surface area contributed by atoms with Crippen LogP contribution < -0.4 is 20.9 Å². The summed E-state index contributed by atoms with van der Waals surface area (Å²) >= 11 is 5.39. The molecule has 176 valence electrons. The van der Waals surface area contributed by atoms with Gasteiger partial charge in [-0.05, 0) is 74.9 Å². The minimum Gasteiger partial charge on any atom is -0.358 e. The maximum atomic E-state index is 13.2. The van der Waals surface area contributed by atoms with Gasteiger partial charge in [0, 0.05) is 18.2 Å². The van der Waals surface area contributed by atoms with Gasteiger partial charge in [0.1, 0.15) is 4.90 Å². The number of nitro benzene ring substituents is 1. The highest BCUT2D eigenvalue weighted by Crippen LogP contribution is 2.44. The van der Waals surface area contributed by atoms with Gasteiger partial charge in [-0.15, -0.1) is 0 Å². The summed E-state index contributed by atoms with van der Waals surface area (Å²) in [6.45, 7) is 3.70. The lowest BCUT2D eigenvalue weighted by atomic mass is 9.96. The molecule has 2 aliphatic carbocycles. The number of non-ortho nitro benzene ring substituents is 1. The molecule has 3 unspecified atom stereocenters. The molecule has 2 aromatic carbocycles. The molecule has 0 aliphatic heterocycles. The molecule has 11 heteroatoms. The van der Waals surface area contributed by atoms with E-state index in [4.69, 9.17) is 12.2 Å². The maximum absolute atomic E-state index is 13.2. The Kier molecular flexibility index (Phi) is 6.44. The van der Waals surface area contributed by atoms with Crippen molar-refractivity contribution in [3.63, 3.8) is 0 Å². The van der Waals surface area contributed by atoms with Crippen molar-refractivity contribution in [1.29, 1.82) is 0 Å². The zero-order valence-electron chi connectivity index (χ0n) is 18.4. The second-order valence-electron chi connectivity index (χ2n) is 8.87. The normalized spacial score (nSPS) is 21.5.